The summed E-state index contributed by atoms with van der Waals surface area (Å²) in [6.07, 6.45) is 0.492. The molecule has 3 amide bonds. The Labute approximate surface area is 124 Å². The predicted molar refractivity (Wildman–Crippen MR) is 79.2 cm³/mol. The maximum Gasteiger partial charge on any atom is 0.325 e. The molecule has 1 aromatic carbocycles. The summed E-state index contributed by atoms with van der Waals surface area (Å²) in [6.45, 7) is 7.03. The Morgan fingerprint density at radius 3 is 2.52 bits per heavy atom. The molecular formula is C16H20N2O3. The molecule has 1 aliphatic heterocycles. The second kappa shape index (κ2) is 5.31. The normalized spacial score (nSPS) is 21.6. The lowest BCUT2D eigenvalue weighted by atomic mass is 9.98. The first-order valence-electron chi connectivity index (χ1n) is 7.03. The number of Topliss-reactive ketones (excluding diaryl/α,β-unsaturated/α-hetero) is 1. The van der Waals surface area contributed by atoms with E-state index in [0.717, 1.165) is 16.0 Å². The number of rotatable bonds is 4. The molecule has 1 aromatic rings. The Hall–Kier alpha value is -2.17. The monoisotopic (exact) mass is 288 g/mol. The van der Waals surface area contributed by atoms with Gasteiger partial charge in [0, 0.05) is 5.56 Å². The third-order valence-electron chi connectivity index (χ3n) is 4.05. The second-order valence-corrected chi connectivity index (χ2v) is 5.75. The van der Waals surface area contributed by atoms with Crippen LogP contribution in [0.5, 0.6) is 0 Å². The average molecular weight is 288 g/mol. The summed E-state index contributed by atoms with van der Waals surface area (Å²) in [5.74, 6) is -0.561. The third-order valence-corrected chi connectivity index (χ3v) is 4.05. The Morgan fingerprint density at radius 2 is 1.95 bits per heavy atom. The summed E-state index contributed by atoms with van der Waals surface area (Å²) < 4.78 is 0. The Balaban J connectivity index is 2.22. The van der Waals surface area contributed by atoms with Crippen molar-refractivity contribution in [3.8, 4) is 0 Å². The molecule has 21 heavy (non-hydrogen) atoms. The summed E-state index contributed by atoms with van der Waals surface area (Å²) in [5, 5.41) is 2.65. The molecule has 0 radical (unpaired) electrons. The lowest BCUT2D eigenvalue weighted by Gasteiger charge is -2.19. The first kappa shape index (κ1) is 15.2. The van der Waals surface area contributed by atoms with Gasteiger partial charge in [-0.1, -0.05) is 24.6 Å². The van der Waals surface area contributed by atoms with Crippen molar-refractivity contribution in [3.05, 3.63) is 34.9 Å². The molecule has 2 rings (SSSR count). The maximum absolute atomic E-state index is 12.4. The molecule has 1 saturated heterocycles. The van der Waals surface area contributed by atoms with Crippen LogP contribution in [-0.2, 0) is 4.79 Å². The zero-order chi connectivity index (χ0) is 15.8. The fraction of sp³-hybridized carbons (Fsp3) is 0.438. The van der Waals surface area contributed by atoms with Gasteiger partial charge in [-0.15, -0.1) is 0 Å². The van der Waals surface area contributed by atoms with Gasteiger partial charge in [0.1, 0.15) is 5.54 Å². The van der Waals surface area contributed by atoms with Crippen molar-refractivity contribution >= 4 is 17.7 Å². The van der Waals surface area contributed by atoms with Gasteiger partial charge in [-0.3, -0.25) is 14.5 Å². The number of benzene rings is 1. The third kappa shape index (κ3) is 2.68. The molecule has 112 valence electrons. The van der Waals surface area contributed by atoms with E-state index in [1.807, 2.05) is 32.9 Å². The number of ketones is 1. The van der Waals surface area contributed by atoms with Gasteiger partial charge >= 0.3 is 6.03 Å². The number of nitrogens with zero attached hydrogens (tertiary/aromatic N) is 1. The largest absolute Gasteiger partial charge is 0.325 e. The molecule has 0 spiro atoms. The molecule has 0 bridgehead atoms. The van der Waals surface area contributed by atoms with Crippen molar-refractivity contribution in [1.29, 1.82) is 0 Å². The van der Waals surface area contributed by atoms with Gasteiger partial charge in [-0.25, -0.2) is 4.79 Å². The molecule has 1 N–H and O–H groups in total. The smallest absolute Gasteiger partial charge is 0.323 e. The molecule has 5 nitrogen and oxygen atoms in total. The number of urea groups is 1. The van der Waals surface area contributed by atoms with Gasteiger partial charge < -0.3 is 5.32 Å². The Morgan fingerprint density at radius 1 is 1.29 bits per heavy atom. The van der Waals surface area contributed by atoms with Crippen LogP contribution >= 0.6 is 0 Å². The minimum atomic E-state index is -0.904. The molecule has 1 unspecified atom stereocenters. The zero-order valence-corrected chi connectivity index (χ0v) is 12.8. The van der Waals surface area contributed by atoms with E-state index in [1.165, 1.54) is 0 Å². The minimum Gasteiger partial charge on any atom is -0.323 e. The average Bonchev–Trinajstić information content (AvgIpc) is 2.65. The van der Waals surface area contributed by atoms with Gasteiger partial charge in [0.15, 0.2) is 5.78 Å². The highest BCUT2D eigenvalue weighted by Crippen LogP contribution is 2.21. The van der Waals surface area contributed by atoms with Gasteiger partial charge in [0.25, 0.3) is 5.91 Å². The number of hydrogen-bond acceptors (Lipinski definition) is 3. The molecule has 0 saturated carbocycles. The lowest BCUT2D eigenvalue weighted by Crippen LogP contribution is -2.43. The second-order valence-electron chi connectivity index (χ2n) is 5.75. The minimum absolute atomic E-state index is 0.218. The van der Waals surface area contributed by atoms with E-state index in [4.69, 9.17) is 0 Å². The quantitative estimate of drug-likeness (QED) is 0.682. The fourth-order valence-corrected chi connectivity index (χ4v) is 2.40. The number of carbonyl (C=O) groups excluding carboxylic acids is 3. The summed E-state index contributed by atoms with van der Waals surface area (Å²) in [6, 6.07) is 5.08. The van der Waals surface area contributed by atoms with Crippen LogP contribution < -0.4 is 5.32 Å². The first-order valence-corrected chi connectivity index (χ1v) is 7.03. The molecule has 1 atom stereocenters. The van der Waals surface area contributed by atoms with Gasteiger partial charge in [0.2, 0.25) is 0 Å². The molecule has 1 heterocycles. The van der Waals surface area contributed by atoms with Crippen LogP contribution in [0.3, 0.4) is 0 Å². The summed E-state index contributed by atoms with van der Waals surface area (Å²) in [4.78, 5) is 37.6. The van der Waals surface area contributed by atoms with Crippen molar-refractivity contribution in [2.45, 2.75) is 39.7 Å². The molecule has 5 heteroatoms. The molecule has 1 aliphatic rings. The molecule has 1 fully saturated rings. The van der Waals surface area contributed by atoms with Gasteiger partial charge in [-0.2, -0.15) is 0 Å². The van der Waals surface area contributed by atoms with E-state index in [-0.39, 0.29) is 18.2 Å². The van der Waals surface area contributed by atoms with Crippen LogP contribution in [0.2, 0.25) is 0 Å². The van der Waals surface area contributed by atoms with Crippen molar-refractivity contribution in [2.75, 3.05) is 6.54 Å². The number of amides is 3. The maximum atomic E-state index is 12.4. The summed E-state index contributed by atoms with van der Waals surface area (Å²) in [5.41, 5.74) is 1.47. The highest BCUT2D eigenvalue weighted by molar-refractivity contribution is 6.11. The highest BCUT2D eigenvalue weighted by atomic mass is 16.2. The SMILES string of the molecule is CCC1(C)NC(=O)N(CC(=O)c2cc(C)ccc2C)C1=O. The van der Waals surface area contributed by atoms with Gasteiger partial charge in [0.05, 0.1) is 6.54 Å². The van der Waals surface area contributed by atoms with E-state index in [2.05, 4.69) is 5.32 Å². The Bertz CT molecular complexity index is 624. The van der Waals surface area contributed by atoms with Crippen LogP contribution in [-0.4, -0.2) is 34.7 Å². The van der Waals surface area contributed by atoms with E-state index in [0.29, 0.717) is 12.0 Å². The number of imide groups is 1. The topological polar surface area (TPSA) is 66.5 Å². The number of nitrogens with one attached hydrogen (secondary N) is 1. The van der Waals surface area contributed by atoms with Crippen LogP contribution in [0.15, 0.2) is 18.2 Å². The number of aryl methyl sites for hydroxylation is 2. The van der Waals surface area contributed by atoms with Gasteiger partial charge in [-0.05, 0) is 38.8 Å². The summed E-state index contributed by atoms with van der Waals surface area (Å²) >= 11 is 0. The molecular weight excluding hydrogens is 268 g/mol. The highest BCUT2D eigenvalue weighted by Gasteiger charge is 2.47. The van der Waals surface area contributed by atoms with Crippen molar-refractivity contribution in [1.82, 2.24) is 10.2 Å². The number of hydrogen-bond donors (Lipinski definition) is 1. The zero-order valence-electron chi connectivity index (χ0n) is 12.8. The van der Waals surface area contributed by atoms with Crippen LogP contribution in [0.1, 0.15) is 41.8 Å². The van der Waals surface area contributed by atoms with Crippen molar-refractivity contribution in [2.24, 2.45) is 0 Å². The van der Waals surface area contributed by atoms with Crippen LogP contribution in [0, 0.1) is 13.8 Å². The van der Waals surface area contributed by atoms with Crippen molar-refractivity contribution in [3.63, 3.8) is 0 Å². The van der Waals surface area contributed by atoms with E-state index in [9.17, 15) is 14.4 Å². The lowest BCUT2D eigenvalue weighted by molar-refractivity contribution is -0.130. The van der Waals surface area contributed by atoms with E-state index in [1.54, 1.807) is 13.0 Å². The predicted octanol–water partition coefficient (Wildman–Crippen LogP) is 2.21. The van der Waals surface area contributed by atoms with Crippen molar-refractivity contribution < 1.29 is 14.4 Å². The molecule has 0 aromatic heterocycles. The van der Waals surface area contributed by atoms with Crippen LogP contribution in [0.4, 0.5) is 4.79 Å². The Kier molecular flexibility index (Phi) is 3.85. The van der Waals surface area contributed by atoms with Crippen LogP contribution in [0.25, 0.3) is 0 Å². The standard InChI is InChI=1S/C16H20N2O3/c1-5-16(4)14(20)18(15(21)17-16)9-13(19)12-8-10(2)6-7-11(12)3/h6-8H,5,9H2,1-4H3,(H,17,21). The first-order chi connectivity index (χ1) is 9.78. The fourth-order valence-electron chi connectivity index (χ4n) is 2.40. The molecule has 0 aliphatic carbocycles. The summed E-state index contributed by atoms with van der Waals surface area (Å²) in [7, 11) is 0. The number of carbonyl (C=O) groups is 3. The van der Waals surface area contributed by atoms with E-state index < -0.39 is 11.6 Å². The van der Waals surface area contributed by atoms with E-state index >= 15 is 0 Å².